The minimum atomic E-state index is -4.40. The number of imidazole rings is 1. The van der Waals surface area contributed by atoms with E-state index in [0.29, 0.717) is 28.8 Å². The molecule has 2 fully saturated rings. The first-order chi connectivity index (χ1) is 14.9. The maximum Gasteiger partial charge on any atom is 0.416 e. The predicted octanol–water partition coefficient (Wildman–Crippen LogP) is 3.72. The molecule has 3 heterocycles. The van der Waals surface area contributed by atoms with Crippen molar-refractivity contribution >= 4 is 11.5 Å². The average molecular weight is 431 g/mol. The van der Waals surface area contributed by atoms with Gasteiger partial charge in [-0.05, 0) is 61.9 Å². The highest BCUT2D eigenvalue weighted by Gasteiger charge is 2.46. The lowest BCUT2D eigenvalue weighted by molar-refractivity contribution is -0.137. The van der Waals surface area contributed by atoms with Gasteiger partial charge >= 0.3 is 6.18 Å². The molecule has 2 aromatic heterocycles. The lowest BCUT2D eigenvalue weighted by atomic mass is 9.59. The van der Waals surface area contributed by atoms with Crippen LogP contribution in [0.25, 0.3) is 16.9 Å². The average Bonchev–Trinajstić information content (AvgIpc) is 3.15. The van der Waals surface area contributed by atoms with Crippen LogP contribution in [-0.2, 0) is 6.18 Å². The quantitative estimate of drug-likeness (QED) is 0.587. The molecule has 3 aromatic rings. The molecule has 1 aliphatic heterocycles. The van der Waals surface area contributed by atoms with Crippen LogP contribution in [0.3, 0.4) is 0 Å². The van der Waals surface area contributed by atoms with Crippen LogP contribution in [0.1, 0.15) is 31.2 Å². The molecule has 1 aromatic carbocycles. The molecule has 1 saturated carbocycles. The number of aromatic nitrogens is 3. The summed E-state index contributed by atoms with van der Waals surface area (Å²) >= 11 is 0. The Morgan fingerprint density at radius 3 is 2.81 bits per heavy atom. The van der Waals surface area contributed by atoms with E-state index in [0.717, 1.165) is 44.4 Å². The van der Waals surface area contributed by atoms with Gasteiger partial charge in [-0.3, -0.25) is 0 Å². The maximum atomic E-state index is 13.1. The summed E-state index contributed by atoms with van der Waals surface area (Å²) in [5, 5.41) is 20.8. The fourth-order valence-corrected chi connectivity index (χ4v) is 5.04. The second kappa shape index (κ2) is 7.49. The standard InChI is InChI=1S/C22H24F3N5O/c23-22(24,25)15-3-1-2-14(8-15)18-12-27-20-5-4-19(29-30(18)20)28-16-9-21(10-16)6-7-26-17(11-21)13-31/h1-5,8,12,16-17,26,31H,6-7,9-11,13H2,(H,28,29). The third-order valence-electron chi connectivity index (χ3n) is 6.55. The highest BCUT2D eigenvalue weighted by atomic mass is 19.4. The Hall–Kier alpha value is -2.65. The van der Waals surface area contributed by atoms with E-state index in [4.69, 9.17) is 0 Å². The first-order valence-electron chi connectivity index (χ1n) is 10.5. The predicted molar refractivity (Wildman–Crippen MR) is 111 cm³/mol. The third kappa shape index (κ3) is 3.87. The second-order valence-electron chi connectivity index (χ2n) is 8.75. The van der Waals surface area contributed by atoms with Gasteiger partial charge in [0, 0.05) is 17.6 Å². The number of alkyl halides is 3. The van der Waals surface area contributed by atoms with E-state index in [-0.39, 0.29) is 18.1 Å². The van der Waals surface area contributed by atoms with Gasteiger partial charge < -0.3 is 15.7 Å². The zero-order chi connectivity index (χ0) is 21.6. The smallest absolute Gasteiger partial charge is 0.395 e. The van der Waals surface area contributed by atoms with Crippen LogP contribution >= 0.6 is 0 Å². The molecule has 1 atom stereocenters. The molecule has 0 bridgehead atoms. The van der Waals surface area contributed by atoms with Crippen LogP contribution in [-0.4, -0.2) is 44.9 Å². The summed E-state index contributed by atoms with van der Waals surface area (Å²) in [6.07, 6.45) is 1.28. The Kier molecular flexibility index (Phi) is 4.90. The number of aliphatic hydroxyl groups is 1. The van der Waals surface area contributed by atoms with Crippen LogP contribution in [0, 0.1) is 5.41 Å². The Labute approximate surface area is 177 Å². The van der Waals surface area contributed by atoms with E-state index in [1.807, 2.05) is 12.1 Å². The number of nitrogens with one attached hydrogen (secondary N) is 2. The molecule has 5 rings (SSSR count). The molecule has 9 heteroatoms. The zero-order valence-electron chi connectivity index (χ0n) is 16.9. The monoisotopic (exact) mass is 431 g/mol. The second-order valence-corrected chi connectivity index (χ2v) is 8.75. The summed E-state index contributed by atoms with van der Waals surface area (Å²) in [6.45, 7) is 1.09. The van der Waals surface area contributed by atoms with E-state index in [2.05, 4.69) is 20.7 Å². The molecular formula is C22H24F3N5O. The molecule has 1 spiro atoms. The number of anilines is 1. The SMILES string of the molecule is OCC1CC2(CCN1)CC(Nc1ccc3ncc(-c4cccc(C(F)(F)F)c4)n3n1)C2. The lowest BCUT2D eigenvalue weighted by Gasteiger charge is -2.52. The Morgan fingerprint density at radius 1 is 1.19 bits per heavy atom. The summed E-state index contributed by atoms with van der Waals surface area (Å²) in [4.78, 5) is 4.29. The Morgan fingerprint density at radius 2 is 2.03 bits per heavy atom. The summed E-state index contributed by atoms with van der Waals surface area (Å²) in [7, 11) is 0. The van der Waals surface area contributed by atoms with Crippen molar-refractivity contribution in [2.75, 3.05) is 18.5 Å². The van der Waals surface area contributed by atoms with Crippen LogP contribution in [0.15, 0.2) is 42.6 Å². The number of halogens is 3. The first-order valence-corrected chi connectivity index (χ1v) is 10.5. The highest BCUT2D eigenvalue weighted by Crippen LogP contribution is 2.50. The molecule has 1 unspecified atom stereocenters. The van der Waals surface area contributed by atoms with E-state index < -0.39 is 11.7 Å². The molecule has 3 N–H and O–H groups in total. The molecular weight excluding hydrogens is 407 g/mol. The number of aliphatic hydroxyl groups excluding tert-OH is 1. The van der Waals surface area contributed by atoms with Gasteiger partial charge in [0.05, 0.1) is 24.1 Å². The van der Waals surface area contributed by atoms with Gasteiger partial charge in [0.2, 0.25) is 0 Å². The summed E-state index contributed by atoms with van der Waals surface area (Å²) < 4.78 is 40.9. The van der Waals surface area contributed by atoms with E-state index in [9.17, 15) is 18.3 Å². The molecule has 164 valence electrons. The van der Waals surface area contributed by atoms with Gasteiger partial charge in [-0.25, -0.2) is 9.50 Å². The number of nitrogens with zero attached hydrogens (tertiary/aromatic N) is 3. The van der Waals surface area contributed by atoms with E-state index in [1.54, 1.807) is 16.8 Å². The Bertz CT molecular complexity index is 1090. The minimum Gasteiger partial charge on any atom is -0.395 e. The number of benzene rings is 1. The molecule has 0 radical (unpaired) electrons. The zero-order valence-corrected chi connectivity index (χ0v) is 16.9. The van der Waals surface area contributed by atoms with Gasteiger partial charge in [-0.1, -0.05) is 12.1 Å². The summed E-state index contributed by atoms with van der Waals surface area (Å²) in [6, 6.07) is 9.33. The van der Waals surface area contributed by atoms with Gasteiger partial charge in [-0.15, -0.1) is 5.10 Å². The van der Waals surface area contributed by atoms with Gasteiger partial charge in [0.1, 0.15) is 5.82 Å². The topological polar surface area (TPSA) is 74.5 Å². The maximum absolute atomic E-state index is 13.1. The number of hydrogen-bond acceptors (Lipinski definition) is 5. The lowest BCUT2D eigenvalue weighted by Crippen LogP contribution is -2.54. The molecule has 0 amide bonds. The normalized spacial score (nSPS) is 26.2. The van der Waals surface area contributed by atoms with Crippen LogP contribution in [0.2, 0.25) is 0 Å². The molecule has 1 saturated heterocycles. The number of rotatable bonds is 4. The number of piperidine rings is 1. The van der Waals surface area contributed by atoms with Gasteiger partial charge in [0.25, 0.3) is 0 Å². The fourth-order valence-electron chi connectivity index (χ4n) is 5.04. The largest absolute Gasteiger partial charge is 0.416 e. The number of hydrogen-bond donors (Lipinski definition) is 3. The van der Waals surface area contributed by atoms with E-state index >= 15 is 0 Å². The molecule has 2 aliphatic rings. The van der Waals surface area contributed by atoms with Crippen molar-refractivity contribution in [2.45, 2.75) is 43.9 Å². The molecule has 1 aliphatic carbocycles. The summed E-state index contributed by atoms with van der Waals surface area (Å²) in [5.74, 6) is 0.672. The van der Waals surface area contributed by atoms with Crippen molar-refractivity contribution < 1.29 is 18.3 Å². The minimum absolute atomic E-state index is 0.164. The highest BCUT2D eigenvalue weighted by molar-refractivity contribution is 5.64. The fraction of sp³-hybridized carbons (Fsp3) is 0.455. The van der Waals surface area contributed by atoms with Crippen LogP contribution in [0.4, 0.5) is 19.0 Å². The van der Waals surface area contributed by atoms with Crippen molar-refractivity contribution in [3.63, 3.8) is 0 Å². The molecule has 6 nitrogen and oxygen atoms in total. The van der Waals surface area contributed by atoms with Crippen LogP contribution in [0.5, 0.6) is 0 Å². The Balaban J connectivity index is 1.35. The summed E-state index contributed by atoms with van der Waals surface area (Å²) in [5.41, 5.74) is 1.08. The van der Waals surface area contributed by atoms with Crippen molar-refractivity contribution in [2.24, 2.45) is 5.41 Å². The third-order valence-corrected chi connectivity index (χ3v) is 6.55. The van der Waals surface area contributed by atoms with Crippen molar-refractivity contribution in [1.82, 2.24) is 19.9 Å². The van der Waals surface area contributed by atoms with Crippen molar-refractivity contribution in [3.8, 4) is 11.3 Å². The van der Waals surface area contributed by atoms with Crippen molar-refractivity contribution in [1.29, 1.82) is 0 Å². The van der Waals surface area contributed by atoms with Crippen LogP contribution < -0.4 is 10.6 Å². The van der Waals surface area contributed by atoms with Gasteiger partial charge in [0.15, 0.2) is 5.65 Å². The number of fused-ring (bicyclic) bond motifs is 1. The van der Waals surface area contributed by atoms with E-state index in [1.165, 1.54) is 6.07 Å². The molecule has 31 heavy (non-hydrogen) atoms. The first kappa shape index (κ1) is 20.3. The van der Waals surface area contributed by atoms with Crippen molar-refractivity contribution in [3.05, 3.63) is 48.2 Å². The van der Waals surface area contributed by atoms with Gasteiger partial charge in [-0.2, -0.15) is 13.2 Å².